The number of amides is 2. The minimum atomic E-state index is -0.336. The number of benzene rings is 1. The van der Waals surface area contributed by atoms with Gasteiger partial charge in [-0.25, -0.2) is 4.98 Å². The van der Waals surface area contributed by atoms with Gasteiger partial charge in [-0.2, -0.15) is 0 Å². The molecule has 7 nitrogen and oxygen atoms in total. The van der Waals surface area contributed by atoms with Crippen LogP contribution in [0, 0.1) is 0 Å². The van der Waals surface area contributed by atoms with Crippen LogP contribution in [0.25, 0.3) is 10.9 Å². The van der Waals surface area contributed by atoms with E-state index >= 15 is 0 Å². The summed E-state index contributed by atoms with van der Waals surface area (Å²) in [4.78, 5) is 41.3. The molecule has 144 valence electrons. The number of carbonyl (C=O) groups is 2. The number of carbonyl (C=O) groups excluding carboxylic acids is 2. The van der Waals surface area contributed by atoms with Crippen molar-refractivity contribution in [2.75, 3.05) is 6.54 Å². The molecule has 2 amide bonds. The molecule has 0 radical (unpaired) electrons. The third-order valence-corrected chi connectivity index (χ3v) is 4.33. The number of nitrogens with zero attached hydrogens (tertiary/aromatic N) is 2. The Labute approximate surface area is 158 Å². The van der Waals surface area contributed by atoms with E-state index in [4.69, 9.17) is 0 Å². The number of fused-ring (bicyclic) bond motifs is 1. The van der Waals surface area contributed by atoms with Gasteiger partial charge in [0.25, 0.3) is 5.56 Å². The molecule has 7 heteroatoms. The summed E-state index contributed by atoms with van der Waals surface area (Å²) in [6.45, 7) is 5.59. The van der Waals surface area contributed by atoms with E-state index in [2.05, 4.69) is 15.6 Å². The number of hydrogen-bond acceptors (Lipinski definition) is 4. The third kappa shape index (κ3) is 4.93. The van der Waals surface area contributed by atoms with Crippen LogP contribution in [0.2, 0.25) is 0 Å². The van der Waals surface area contributed by atoms with Crippen molar-refractivity contribution in [1.82, 2.24) is 20.2 Å². The molecule has 2 aromatic rings. The smallest absolute Gasteiger partial charge is 0.261 e. The van der Waals surface area contributed by atoms with Gasteiger partial charge in [0.15, 0.2) is 0 Å². The molecule has 0 atom stereocenters. The van der Waals surface area contributed by atoms with Crippen LogP contribution in [-0.4, -0.2) is 33.4 Å². The summed E-state index contributed by atoms with van der Waals surface area (Å²) in [5, 5.41) is 6.03. The molecule has 0 bridgehead atoms. The number of nitrogens with one attached hydrogen (secondary N) is 2. The molecule has 1 aliphatic rings. The van der Waals surface area contributed by atoms with Gasteiger partial charge in [-0.15, -0.1) is 0 Å². The Morgan fingerprint density at radius 1 is 1.19 bits per heavy atom. The van der Waals surface area contributed by atoms with Crippen LogP contribution in [0.5, 0.6) is 0 Å². The van der Waals surface area contributed by atoms with E-state index < -0.39 is 0 Å². The fourth-order valence-corrected chi connectivity index (χ4v) is 3.03. The molecule has 0 saturated heterocycles. The number of aryl methyl sites for hydroxylation is 1. The minimum Gasteiger partial charge on any atom is -0.350 e. The van der Waals surface area contributed by atoms with Crippen molar-refractivity contribution < 1.29 is 9.59 Å². The topological polar surface area (TPSA) is 93.1 Å². The lowest BCUT2D eigenvalue weighted by molar-refractivity contribution is -0.126. The SMILES string of the molecule is CC(C)(C)NC(=O)CNC(=O)CCc1nc2ccccc2c(=O)n1C1CC1. The molecule has 1 saturated carbocycles. The quantitative estimate of drug-likeness (QED) is 0.809. The fourth-order valence-electron chi connectivity index (χ4n) is 3.03. The summed E-state index contributed by atoms with van der Waals surface area (Å²) in [5.74, 6) is 0.175. The van der Waals surface area contributed by atoms with Crippen LogP contribution in [-0.2, 0) is 16.0 Å². The molecule has 2 N–H and O–H groups in total. The molecule has 3 rings (SSSR count). The molecule has 1 aromatic heterocycles. The van der Waals surface area contributed by atoms with Gasteiger partial charge in [0.2, 0.25) is 11.8 Å². The Morgan fingerprint density at radius 3 is 2.56 bits per heavy atom. The molecule has 0 spiro atoms. The summed E-state index contributed by atoms with van der Waals surface area (Å²) in [7, 11) is 0. The normalized spacial score (nSPS) is 14.2. The molecule has 1 heterocycles. The predicted molar refractivity (Wildman–Crippen MR) is 104 cm³/mol. The first-order valence-corrected chi connectivity index (χ1v) is 9.32. The molecular formula is C20H26N4O3. The van der Waals surface area contributed by atoms with Gasteiger partial charge in [0.1, 0.15) is 5.82 Å². The van der Waals surface area contributed by atoms with Crippen LogP contribution in [0.3, 0.4) is 0 Å². The van der Waals surface area contributed by atoms with E-state index in [0.29, 0.717) is 23.1 Å². The lowest BCUT2D eigenvalue weighted by Gasteiger charge is -2.20. The Hall–Kier alpha value is -2.70. The summed E-state index contributed by atoms with van der Waals surface area (Å²) in [6, 6.07) is 7.46. The van der Waals surface area contributed by atoms with Crippen molar-refractivity contribution >= 4 is 22.7 Å². The molecule has 0 unspecified atom stereocenters. The Kier molecular flexibility index (Phi) is 5.30. The van der Waals surface area contributed by atoms with Gasteiger partial charge in [0.05, 0.1) is 17.4 Å². The summed E-state index contributed by atoms with van der Waals surface area (Å²) >= 11 is 0. The first-order chi connectivity index (χ1) is 12.7. The summed E-state index contributed by atoms with van der Waals surface area (Å²) in [6.07, 6.45) is 2.47. The second-order valence-electron chi connectivity index (χ2n) is 8.03. The average molecular weight is 370 g/mol. The van der Waals surface area contributed by atoms with Crippen LogP contribution in [0.15, 0.2) is 29.1 Å². The van der Waals surface area contributed by atoms with E-state index in [1.165, 1.54) is 0 Å². The summed E-state index contributed by atoms with van der Waals surface area (Å²) in [5.41, 5.74) is 0.277. The first-order valence-electron chi connectivity index (χ1n) is 9.32. The zero-order valence-corrected chi connectivity index (χ0v) is 16.0. The maximum absolute atomic E-state index is 12.8. The lowest BCUT2D eigenvalue weighted by atomic mass is 10.1. The van der Waals surface area contributed by atoms with Crippen molar-refractivity contribution in [3.63, 3.8) is 0 Å². The van der Waals surface area contributed by atoms with E-state index in [-0.39, 0.29) is 41.9 Å². The largest absolute Gasteiger partial charge is 0.350 e. The Morgan fingerprint density at radius 2 is 1.89 bits per heavy atom. The van der Waals surface area contributed by atoms with Crippen LogP contribution >= 0.6 is 0 Å². The van der Waals surface area contributed by atoms with E-state index in [1.807, 2.05) is 39.0 Å². The van der Waals surface area contributed by atoms with Crippen molar-refractivity contribution in [3.05, 3.63) is 40.4 Å². The maximum atomic E-state index is 12.8. The average Bonchev–Trinajstić information content (AvgIpc) is 3.41. The Bertz CT molecular complexity index is 923. The van der Waals surface area contributed by atoms with Gasteiger partial charge in [-0.1, -0.05) is 12.1 Å². The highest BCUT2D eigenvalue weighted by molar-refractivity contribution is 5.85. The number of rotatable bonds is 6. The van der Waals surface area contributed by atoms with Gasteiger partial charge in [0, 0.05) is 24.4 Å². The molecular weight excluding hydrogens is 344 g/mol. The Balaban J connectivity index is 1.66. The van der Waals surface area contributed by atoms with Gasteiger partial charge in [-0.05, 0) is 45.7 Å². The van der Waals surface area contributed by atoms with Gasteiger partial charge in [-0.3, -0.25) is 19.0 Å². The van der Waals surface area contributed by atoms with E-state index in [0.717, 1.165) is 12.8 Å². The van der Waals surface area contributed by atoms with Gasteiger partial charge >= 0.3 is 0 Å². The standard InChI is InChI=1S/C20H26N4O3/c1-20(2,3)23-18(26)12-21-17(25)11-10-16-22-15-7-5-4-6-14(15)19(27)24(16)13-8-9-13/h4-7,13H,8-12H2,1-3H3,(H,21,25)(H,23,26). The molecule has 1 fully saturated rings. The van der Waals surface area contributed by atoms with E-state index in [1.54, 1.807) is 10.6 Å². The van der Waals surface area contributed by atoms with Crippen LogP contribution < -0.4 is 16.2 Å². The monoisotopic (exact) mass is 370 g/mol. The first kappa shape index (κ1) is 19.1. The lowest BCUT2D eigenvalue weighted by Crippen LogP contribution is -2.45. The van der Waals surface area contributed by atoms with Gasteiger partial charge < -0.3 is 10.6 Å². The second kappa shape index (κ2) is 7.50. The zero-order valence-electron chi connectivity index (χ0n) is 16.0. The molecule has 1 aromatic carbocycles. The third-order valence-electron chi connectivity index (χ3n) is 4.33. The number of hydrogen-bond donors (Lipinski definition) is 2. The van der Waals surface area contributed by atoms with Crippen LogP contribution in [0.1, 0.15) is 51.9 Å². The number of aromatic nitrogens is 2. The van der Waals surface area contributed by atoms with Crippen molar-refractivity contribution in [1.29, 1.82) is 0 Å². The number of para-hydroxylation sites is 1. The minimum absolute atomic E-state index is 0.0388. The molecule has 1 aliphatic carbocycles. The highest BCUT2D eigenvalue weighted by Crippen LogP contribution is 2.34. The van der Waals surface area contributed by atoms with Crippen molar-refractivity contribution in [2.45, 2.75) is 58.0 Å². The van der Waals surface area contributed by atoms with Crippen molar-refractivity contribution in [2.24, 2.45) is 0 Å². The zero-order chi connectivity index (χ0) is 19.6. The van der Waals surface area contributed by atoms with Crippen LogP contribution in [0.4, 0.5) is 0 Å². The second-order valence-corrected chi connectivity index (χ2v) is 8.03. The molecule has 27 heavy (non-hydrogen) atoms. The predicted octanol–water partition coefficient (Wildman–Crippen LogP) is 1.69. The highest BCUT2D eigenvalue weighted by atomic mass is 16.2. The highest BCUT2D eigenvalue weighted by Gasteiger charge is 2.28. The molecule has 0 aliphatic heterocycles. The van der Waals surface area contributed by atoms with E-state index in [9.17, 15) is 14.4 Å². The fraction of sp³-hybridized carbons (Fsp3) is 0.500. The van der Waals surface area contributed by atoms with Crippen molar-refractivity contribution in [3.8, 4) is 0 Å². The maximum Gasteiger partial charge on any atom is 0.261 e. The summed E-state index contributed by atoms with van der Waals surface area (Å²) < 4.78 is 1.74.